The molecule has 0 aliphatic carbocycles. The second-order valence-electron chi connectivity index (χ2n) is 5.14. The minimum Gasteiger partial charge on any atom is -0.494 e. The van der Waals surface area contributed by atoms with Crippen molar-refractivity contribution >= 4 is 17.4 Å². The van der Waals surface area contributed by atoms with Crippen LogP contribution in [-0.4, -0.2) is 29.5 Å². The third kappa shape index (κ3) is 4.45. The van der Waals surface area contributed by atoms with Crippen LogP contribution in [0.1, 0.15) is 12.5 Å². The summed E-state index contributed by atoms with van der Waals surface area (Å²) in [6, 6.07) is 13.0. The van der Waals surface area contributed by atoms with Gasteiger partial charge in [-0.25, -0.2) is 4.79 Å². The Morgan fingerprint density at radius 1 is 1.21 bits per heavy atom. The summed E-state index contributed by atoms with van der Waals surface area (Å²) in [5.74, 6) is 0.772. The maximum Gasteiger partial charge on any atom is 0.322 e. The smallest absolute Gasteiger partial charge is 0.322 e. The van der Waals surface area contributed by atoms with E-state index in [9.17, 15) is 14.9 Å². The number of carbonyl (C=O) groups is 1. The lowest BCUT2D eigenvalue weighted by molar-refractivity contribution is -0.383. The van der Waals surface area contributed by atoms with E-state index in [4.69, 9.17) is 4.74 Å². The van der Waals surface area contributed by atoms with Gasteiger partial charge in [0.05, 0.1) is 11.5 Å². The lowest BCUT2D eigenvalue weighted by Gasteiger charge is -2.18. The Labute approximate surface area is 140 Å². The monoisotopic (exact) mass is 329 g/mol. The number of rotatable bonds is 6. The van der Waals surface area contributed by atoms with Crippen molar-refractivity contribution in [3.8, 4) is 5.75 Å². The molecule has 0 aliphatic rings. The number of nitro benzene ring substituents is 1. The van der Waals surface area contributed by atoms with Crippen molar-refractivity contribution in [3.63, 3.8) is 0 Å². The van der Waals surface area contributed by atoms with Gasteiger partial charge in [-0.15, -0.1) is 0 Å². The van der Waals surface area contributed by atoms with Gasteiger partial charge >= 0.3 is 6.03 Å². The molecule has 2 amide bonds. The van der Waals surface area contributed by atoms with Crippen molar-refractivity contribution < 1.29 is 14.5 Å². The predicted molar refractivity (Wildman–Crippen MR) is 91.2 cm³/mol. The molecule has 0 spiro atoms. The third-order valence-electron chi connectivity index (χ3n) is 3.34. The van der Waals surface area contributed by atoms with E-state index in [1.165, 1.54) is 17.0 Å². The van der Waals surface area contributed by atoms with E-state index in [0.29, 0.717) is 13.2 Å². The molecule has 0 radical (unpaired) electrons. The van der Waals surface area contributed by atoms with Gasteiger partial charge in [0.25, 0.3) is 5.69 Å². The molecule has 7 nitrogen and oxygen atoms in total. The quantitative estimate of drug-likeness (QED) is 0.647. The summed E-state index contributed by atoms with van der Waals surface area (Å²) in [5, 5.41) is 13.5. The van der Waals surface area contributed by atoms with Crippen LogP contribution in [0.4, 0.5) is 16.2 Å². The predicted octanol–water partition coefficient (Wildman–Crippen LogP) is 3.66. The number of hydrogen-bond donors (Lipinski definition) is 1. The minimum atomic E-state index is -0.526. The Morgan fingerprint density at radius 3 is 2.50 bits per heavy atom. The van der Waals surface area contributed by atoms with Crippen LogP contribution in [-0.2, 0) is 6.54 Å². The third-order valence-corrected chi connectivity index (χ3v) is 3.34. The zero-order valence-electron chi connectivity index (χ0n) is 13.6. The normalized spacial score (nSPS) is 10.1. The first kappa shape index (κ1) is 17.3. The Morgan fingerprint density at radius 2 is 1.88 bits per heavy atom. The molecule has 0 aromatic heterocycles. The molecule has 0 saturated carbocycles. The SMILES string of the molecule is CCOc1ccc(CN(C)C(=O)Nc2ccccc2[N+](=O)[O-])cc1. The van der Waals surface area contributed by atoms with E-state index in [-0.39, 0.29) is 11.4 Å². The minimum absolute atomic E-state index is 0.139. The Bertz CT molecular complexity index is 716. The molecule has 0 saturated heterocycles. The maximum absolute atomic E-state index is 12.2. The fraction of sp³-hybridized carbons (Fsp3) is 0.235. The zero-order valence-corrected chi connectivity index (χ0v) is 13.6. The van der Waals surface area contributed by atoms with Crippen molar-refractivity contribution in [3.05, 3.63) is 64.2 Å². The number of anilines is 1. The zero-order chi connectivity index (χ0) is 17.5. The van der Waals surface area contributed by atoms with E-state index in [1.807, 2.05) is 31.2 Å². The number of benzene rings is 2. The van der Waals surface area contributed by atoms with E-state index < -0.39 is 11.0 Å². The number of para-hydroxylation sites is 2. The molecule has 126 valence electrons. The lowest BCUT2D eigenvalue weighted by atomic mass is 10.2. The number of hydrogen-bond acceptors (Lipinski definition) is 4. The van der Waals surface area contributed by atoms with Gasteiger partial charge in [0.2, 0.25) is 0 Å². The van der Waals surface area contributed by atoms with Gasteiger partial charge in [-0.05, 0) is 30.7 Å². The van der Waals surface area contributed by atoms with Crippen LogP contribution in [0.5, 0.6) is 5.75 Å². The average molecular weight is 329 g/mol. The topological polar surface area (TPSA) is 84.7 Å². The molecule has 0 heterocycles. The summed E-state index contributed by atoms with van der Waals surface area (Å²) >= 11 is 0. The Hall–Kier alpha value is -3.09. The first-order valence-electron chi connectivity index (χ1n) is 7.48. The first-order valence-corrected chi connectivity index (χ1v) is 7.48. The number of urea groups is 1. The lowest BCUT2D eigenvalue weighted by Crippen LogP contribution is -2.31. The van der Waals surface area contributed by atoms with Gasteiger partial charge in [0.1, 0.15) is 11.4 Å². The van der Waals surface area contributed by atoms with Gasteiger partial charge in [0, 0.05) is 19.7 Å². The number of carbonyl (C=O) groups excluding carboxylic acids is 1. The Balaban J connectivity index is 2.01. The largest absolute Gasteiger partial charge is 0.494 e. The Kier molecular flexibility index (Phi) is 5.73. The van der Waals surface area contributed by atoms with E-state index >= 15 is 0 Å². The molecule has 0 aliphatic heterocycles. The fourth-order valence-corrected chi connectivity index (χ4v) is 2.15. The average Bonchev–Trinajstić information content (AvgIpc) is 2.57. The van der Waals surface area contributed by atoms with Crippen molar-refractivity contribution in [2.24, 2.45) is 0 Å². The molecule has 24 heavy (non-hydrogen) atoms. The number of amides is 2. The van der Waals surface area contributed by atoms with Crippen LogP contribution in [0, 0.1) is 10.1 Å². The molecule has 0 fully saturated rings. The molecule has 0 unspecified atom stereocenters. The second kappa shape index (κ2) is 7.96. The van der Waals surface area contributed by atoms with Crippen LogP contribution >= 0.6 is 0 Å². The van der Waals surface area contributed by atoms with Gasteiger partial charge in [-0.2, -0.15) is 0 Å². The molecule has 2 aromatic carbocycles. The highest BCUT2D eigenvalue weighted by Gasteiger charge is 2.17. The molecule has 0 atom stereocenters. The number of nitrogens with one attached hydrogen (secondary N) is 1. The fourth-order valence-electron chi connectivity index (χ4n) is 2.15. The molecule has 0 bridgehead atoms. The summed E-state index contributed by atoms with van der Waals surface area (Å²) in [7, 11) is 1.63. The molecular formula is C17H19N3O4. The van der Waals surface area contributed by atoms with Crippen LogP contribution < -0.4 is 10.1 Å². The number of nitro groups is 1. The highest BCUT2D eigenvalue weighted by Crippen LogP contribution is 2.23. The van der Waals surface area contributed by atoms with E-state index in [1.54, 1.807) is 19.2 Å². The van der Waals surface area contributed by atoms with Gasteiger partial charge in [0.15, 0.2) is 0 Å². The van der Waals surface area contributed by atoms with Crippen LogP contribution in [0.3, 0.4) is 0 Å². The van der Waals surface area contributed by atoms with E-state index in [0.717, 1.165) is 11.3 Å². The van der Waals surface area contributed by atoms with Gasteiger partial charge in [-0.1, -0.05) is 24.3 Å². The maximum atomic E-state index is 12.2. The molecular weight excluding hydrogens is 310 g/mol. The van der Waals surface area contributed by atoms with Crippen molar-refractivity contribution in [1.29, 1.82) is 0 Å². The summed E-state index contributed by atoms with van der Waals surface area (Å²) in [4.78, 5) is 24.1. The number of ether oxygens (including phenoxy) is 1. The second-order valence-corrected chi connectivity index (χ2v) is 5.14. The van der Waals surface area contributed by atoms with Crippen molar-refractivity contribution in [2.75, 3.05) is 19.0 Å². The van der Waals surface area contributed by atoms with Crippen molar-refractivity contribution in [2.45, 2.75) is 13.5 Å². The highest BCUT2D eigenvalue weighted by molar-refractivity contribution is 5.91. The number of nitrogens with zero attached hydrogens (tertiary/aromatic N) is 2. The molecule has 2 aromatic rings. The molecule has 2 rings (SSSR count). The van der Waals surface area contributed by atoms with Crippen LogP contribution in [0.2, 0.25) is 0 Å². The highest BCUT2D eigenvalue weighted by atomic mass is 16.6. The first-order chi connectivity index (χ1) is 11.5. The van der Waals surface area contributed by atoms with E-state index in [2.05, 4.69) is 5.32 Å². The molecule has 7 heteroatoms. The summed E-state index contributed by atoms with van der Waals surface area (Å²) in [6.45, 7) is 2.88. The summed E-state index contributed by atoms with van der Waals surface area (Å²) < 4.78 is 5.37. The van der Waals surface area contributed by atoms with Gasteiger partial charge < -0.3 is 15.0 Å². The summed E-state index contributed by atoms with van der Waals surface area (Å²) in [6.07, 6.45) is 0. The van der Waals surface area contributed by atoms with Crippen molar-refractivity contribution in [1.82, 2.24) is 4.90 Å². The molecule has 1 N–H and O–H groups in total. The standard InChI is InChI=1S/C17H19N3O4/c1-3-24-14-10-8-13(9-11-14)12-19(2)17(21)18-15-6-4-5-7-16(15)20(22)23/h4-11H,3,12H2,1-2H3,(H,18,21). The van der Waals surface area contributed by atoms with Crippen LogP contribution in [0.15, 0.2) is 48.5 Å². The summed E-state index contributed by atoms with van der Waals surface area (Å²) in [5.41, 5.74) is 0.963. The van der Waals surface area contributed by atoms with Gasteiger partial charge in [-0.3, -0.25) is 10.1 Å². The van der Waals surface area contributed by atoms with Crippen LogP contribution in [0.25, 0.3) is 0 Å².